The van der Waals surface area contributed by atoms with Crippen molar-refractivity contribution in [3.8, 4) is 0 Å². The van der Waals surface area contributed by atoms with Gasteiger partial charge in [0.25, 0.3) is 0 Å². The number of rotatable bonds is 16. The molecule has 0 bridgehead atoms. The zero-order valence-corrected chi connectivity index (χ0v) is 26.3. The molecule has 2 amide bonds. The van der Waals surface area contributed by atoms with Crippen LogP contribution in [-0.4, -0.2) is 86.7 Å². The molecule has 242 valence electrons. The summed E-state index contributed by atoms with van der Waals surface area (Å²) in [6.45, 7) is 5.66. The molecule has 1 aromatic heterocycles. The number of aromatic amines is 1. The van der Waals surface area contributed by atoms with Gasteiger partial charge in [-0.1, -0.05) is 18.2 Å². The number of hydrogen-bond donors (Lipinski definition) is 7. The Labute approximate surface area is 259 Å². The van der Waals surface area contributed by atoms with Gasteiger partial charge in [-0.05, 0) is 57.8 Å². The number of nitrogens with one attached hydrogen (secondary N) is 2. The number of carboxylic acids is 1. The summed E-state index contributed by atoms with van der Waals surface area (Å²) >= 11 is 1.32. The lowest BCUT2D eigenvalue weighted by Gasteiger charge is -2.44. The van der Waals surface area contributed by atoms with Crippen molar-refractivity contribution >= 4 is 58.0 Å². The highest BCUT2D eigenvalue weighted by Crippen LogP contribution is 2.38. The summed E-state index contributed by atoms with van der Waals surface area (Å²) in [5.41, 5.74) is 18.4. The maximum absolute atomic E-state index is 14.9. The molecule has 1 heterocycles. The zero-order chi connectivity index (χ0) is 33.6. The number of nitrogens with two attached hydrogens (primary N) is 4. The van der Waals surface area contributed by atoms with Crippen molar-refractivity contribution in [1.82, 2.24) is 10.3 Å². The molecule has 0 fully saturated rings. The van der Waals surface area contributed by atoms with Crippen molar-refractivity contribution < 1.29 is 38.6 Å². The number of aromatic nitrogens is 1. The van der Waals surface area contributed by atoms with Crippen LogP contribution in [0.15, 0.2) is 30.5 Å². The van der Waals surface area contributed by atoms with Crippen molar-refractivity contribution in [2.24, 2.45) is 28.3 Å². The predicted octanol–water partition coefficient (Wildman–Crippen LogP) is 0.383. The maximum Gasteiger partial charge on any atom is 0.408 e. The van der Waals surface area contributed by atoms with Gasteiger partial charge in [-0.15, -0.1) is 0 Å². The van der Waals surface area contributed by atoms with Crippen LogP contribution in [-0.2, 0) is 35.1 Å². The van der Waals surface area contributed by atoms with Crippen molar-refractivity contribution in [1.29, 1.82) is 0 Å². The van der Waals surface area contributed by atoms with E-state index in [0.717, 1.165) is 6.92 Å². The van der Waals surface area contributed by atoms with Crippen molar-refractivity contribution in [3.05, 3.63) is 36.0 Å². The van der Waals surface area contributed by atoms with Gasteiger partial charge in [0.1, 0.15) is 11.1 Å². The van der Waals surface area contributed by atoms with Crippen LogP contribution < -0.4 is 28.3 Å². The van der Waals surface area contributed by atoms with E-state index in [2.05, 4.69) is 10.3 Å². The number of Topliss-reactive ketones (excluding diaryl/α,β-unsaturated/α-hetero) is 3. The van der Waals surface area contributed by atoms with E-state index in [0.29, 0.717) is 22.2 Å². The van der Waals surface area contributed by atoms with Gasteiger partial charge in [0.15, 0.2) is 22.8 Å². The highest BCUT2D eigenvalue weighted by Gasteiger charge is 2.67. The van der Waals surface area contributed by atoms with Gasteiger partial charge in [-0.25, -0.2) is 4.79 Å². The van der Waals surface area contributed by atoms with Gasteiger partial charge in [-0.3, -0.25) is 24.0 Å². The average Bonchev–Trinajstić information content (AvgIpc) is 3.32. The number of carboxylic acid groups (broad SMARTS) is 1. The van der Waals surface area contributed by atoms with Crippen LogP contribution in [0.25, 0.3) is 10.9 Å². The molecule has 44 heavy (non-hydrogen) atoms. The van der Waals surface area contributed by atoms with Crippen molar-refractivity contribution in [3.63, 3.8) is 0 Å². The average molecular weight is 635 g/mol. The number of ether oxygens (including phenoxy) is 1. The van der Waals surface area contributed by atoms with Gasteiger partial charge in [0.05, 0.1) is 24.5 Å². The SMILES string of the molecule is CSCC[C@@H](N)C(=O)C(C(=O)[C@H](N)CC(=O)O)(C(=O)[C@@H](Cc1c[nH]c2ccccc12)NC(=O)OC(C)(C)C)C(C)(N)C(N)=O. The molecular formula is C29H42N6O8S. The second-order valence-electron chi connectivity index (χ2n) is 11.8. The van der Waals surface area contributed by atoms with E-state index in [9.17, 15) is 33.9 Å². The van der Waals surface area contributed by atoms with E-state index in [4.69, 9.17) is 27.7 Å². The molecule has 14 nitrogen and oxygen atoms in total. The number of fused-ring (bicyclic) bond motifs is 1. The number of carbonyl (C=O) groups excluding carboxylic acids is 5. The van der Waals surface area contributed by atoms with Crippen LogP contribution in [0.2, 0.25) is 0 Å². The van der Waals surface area contributed by atoms with Gasteiger partial charge >= 0.3 is 12.1 Å². The number of primary amides is 1. The molecule has 2 unspecified atom stereocenters. The molecule has 11 N–H and O–H groups in total. The monoisotopic (exact) mass is 634 g/mol. The first-order valence-corrected chi connectivity index (χ1v) is 15.2. The largest absolute Gasteiger partial charge is 0.481 e. The minimum atomic E-state index is -3.20. The molecule has 0 spiro atoms. The Balaban J connectivity index is 2.91. The Morgan fingerprint density at radius 3 is 2.14 bits per heavy atom. The lowest BCUT2D eigenvalue weighted by Crippen LogP contribution is -2.76. The highest BCUT2D eigenvalue weighted by molar-refractivity contribution is 7.98. The third-order valence-corrected chi connectivity index (χ3v) is 7.85. The van der Waals surface area contributed by atoms with Crippen molar-refractivity contribution in [2.75, 3.05) is 12.0 Å². The number of carbonyl (C=O) groups is 6. The Morgan fingerprint density at radius 2 is 1.59 bits per heavy atom. The first-order valence-electron chi connectivity index (χ1n) is 13.8. The summed E-state index contributed by atoms with van der Waals surface area (Å²) < 4.78 is 5.36. The standard InChI is InChI=1S/C29H42N6O8S/c1-27(2,3)43-26(42)35-20(12-15-14-34-19-9-7-6-8-16(15)19)24(40)29(28(4,33)25(32)41,22(38)17(30)10-11-44-5)23(39)18(31)13-21(36)37/h6-9,14,17-18,20,34H,10-13,30-31,33H2,1-5H3,(H2,32,41)(H,35,42)(H,36,37)/t17-,18-,20-,28?,29?/m1/s1. The first kappa shape index (κ1) is 36.4. The summed E-state index contributed by atoms with van der Waals surface area (Å²) in [4.78, 5) is 84.0. The normalized spacial score (nSPS) is 16.5. The highest BCUT2D eigenvalue weighted by atomic mass is 32.2. The van der Waals surface area contributed by atoms with Gasteiger partial charge in [-0.2, -0.15) is 11.8 Å². The van der Waals surface area contributed by atoms with Gasteiger partial charge in [0.2, 0.25) is 5.91 Å². The van der Waals surface area contributed by atoms with E-state index in [1.807, 2.05) is 0 Å². The van der Waals surface area contributed by atoms with Crippen LogP contribution in [0.3, 0.4) is 0 Å². The molecule has 15 heteroatoms. The number of thioether (sulfide) groups is 1. The molecule has 0 saturated heterocycles. The van der Waals surface area contributed by atoms with E-state index >= 15 is 0 Å². The number of hydrogen-bond acceptors (Lipinski definition) is 11. The van der Waals surface area contributed by atoms with Crippen molar-refractivity contribution in [2.45, 2.75) is 76.2 Å². The van der Waals surface area contributed by atoms with E-state index in [-0.39, 0.29) is 12.8 Å². The van der Waals surface area contributed by atoms with E-state index in [1.165, 1.54) is 11.8 Å². The second kappa shape index (κ2) is 14.3. The Morgan fingerprint density at radius 1 is 1.00 bits per heavy atom. The third-order valence-electron chi connectivity index (χ3n) is 7.21. The Bertz CT molecular complexity index is 1420. The van der Waals surface area contributed by atoms with Gasteiger partial charge in [0, 0.05) is 23.5 Å². The van der Waals surface area contributed by atoms with Crippen LogP contribution >= 0.6 is 11.8 Å². The maximum atomic E-state index is 14.9. The quantitative estimate of drug-likeness (QED) is 0.124. The van der Waals surface area contributed by atoms with Crippen LogP contribution in [0.5, 0.6) is 0 Å². The van der Waals surface area contributed by atoms with E-state index in [1.54, 1.807) is 57.5 Å². The molecular weight excluding hydrogens is 592 g/mol. The fourth-order valence-corrected chi connectivity index (χ4v) is 5.46. The summed E-state index contributed by atoms with van der Waals surface area (Å²) in [6, 6.07) is 1.80. The van der Waals surface area contributed by atoms with Crippen LogP contribution in [0.1, 0.15) is 46.1 Å². The number of H-pyrrole nitrogens is 1. The first-order chi connectivity index (χ1) is 20.3. The van der Waals surface area contributed by atoms with Crippen LogP contribution in [0, 0.1) is 5.41 Å². The number of benzene rings is 1. The summed E-state index contributed by atoms with van der Waals surface area (Å²) in [6.07, 6.45) is 0.864. The molecule has 5 atom stereocenters. The predicted molar refractivity (Wildman–Crippen MR) is 166 cm³/mol. The topological polar surface area (TPSA) is 264 Å². The molecule has 0 radical (unpaired) electrons. The minimum absolute atomic E-state index is 0.0437. The van der Waals surface area contributed by atoms with Crippen LogP contribution in [0.4, 0.5) is 4.79 Å². The third kappa shape index (κ3) is 7.83. The summed E-state index contributed by atoms with van der Waals surface area (Å²) in [7, 11) is 0. The Kier molecular flexibility index (Phi) is 11.9. The minimum Gasteiger partial charge on any atom is -0.481 e. The number of para-hydroxylation sites is 1. The lowest BCUT2D eigenvalue weighted by molar-refractivity contribution is -0.161. The number of alkyl carbamates (subject to hydrolysis) is 1. The molecule has 2 rings (SSSR count). The summed E-state index contributed by atoms with van der Waals surface area (Å²) in [5.74, 6) is -6.72. The summed E-state index contributed by atoms with van der Waals surface area (Å²) in [5, 5.41) is 12.5. The molecule has 1 aromatic carbocycles. The molecule has 0 saturated carbocycles. The lowest BCUT2D eigenvalue weighted by atomic mass is 9.57. The molecule has 0 aliphatic carbocycles. The van der Waals surface area contributed by atoms with E-state index < -0.39 is 76.4 Å². The number of ketones is 3. The number of aliphatic carboxylic acids is 1. The Hall–Kier alpha value is -3.79. The van der Waals surface area contributed by atoms with Gasteiger partial charge < -0.3 is 43.1 Å². The smallest absolute Gasteiger partial charge is 0.408 e. The fourth-order valence-electron chi connectivity index (χ4n) is 4.97. The molecule has 0 aliphatic rings. The number of amides is 2. The zero-order valence-electron chi connectivity index (χ0n) is 25.5. The fraction of sp³-hybridized carbons (Fsp3) is 0.517. The molecule has 0 aliphatic heterocycles. The molecule has 2 aromatic rings. The second-order valence-corrected chi connectivity index (χ2v) is 12.7.